The molecule has 0 aromatic rings. The zero-order chi connectivity index (χ0) is 13.4. The first-order chi connectivity index (χ1) is 8.61. The van der Waals surface area contributed by atoms with Gasteiger partial charge in [0.15, 0.2) is 6.29 Å². The van der Waals surface area contributed by atoms with Crippen LogP contribution in [0.15, 0.2) is 0 Å². The summed E-state index contributed by atoms with van der Waals surface area (Å²) in [4.78, 5) is 10.7. The fourth-order valence-corrected chi connectivity index (χ4v) is 1.98. The molecule has 106 valence electrons. The van der Waals surface area contributed by atoms with Crippen molar-refractivity contribution in [2.75, 3.05) is 19.8 Å². The van der Waals surface area contributed by atoms with Crippen LogP contribution in [0.1, 0.15) is 39.5 Å². The molecule has 18 heavy (non-hydrogen) atoms. The third-order valence-electron chi connectivity index (χ3n) is 2.92. The number of rotatable bonds is 7. The molecule has 5 nitrogen and oxygen atoms in total. The minimum absolute atomic E-state index is 0.0374. The van der Waals surface area contributed by atoms with Crippen LogP contribution < -0.4 is 0 Å². The second-order valence-corrected chi connectivity index (χ2v) is 4.88. The van der Waals surface area contributed by atoms with E-state index in [-0.39, 0.29) is 30.9 Å². The molecule has 0 saturated carbocycles. The monoisotopic (exact) mass is 260 g/mol. The first-order valence-electron chi connectivity index (χ1n) is 6.63. The van der Waals surface area contributed by atoms with Gasteiger partial charge >= 0.3 is 5.97 Å². The van der Waals surface area contributed by atoms with Gasteiger partial charge in [-0.1, -0.05) is 6.92 Å². The van der Waals surface area contributed by atoms with E-state index in [9.17, 15) is 9.90 Å². The highest BCUT2D eigenvalue weighted by atomic mass is 16.7. The maximum Gasteiger partial charge on any atom is 0.302 e. The van der Waals surface area contributed by atoms with Crippen LogP contribution in [-0.2, 0) is 19.0 Å². The van der Waals surface area contributed by atoms with Gasteiger partial charge in [0, 0.05) is 13.5 Å². The number of hydrogen-bond acceptors (Lipinski definition) is 5. The number of aliphatic hydroxyl groups is 1. The van der Waals surface area contributed by atoms with E-state index in [2.05, 4.69) is 0 Å². The molecule has 5 heteroatoms. The first-order valence-corrected chi connectivity index (χ1v) is 6.63. The summed E-state index contributed by atoms with van der Waals surface area (Å²) in [5.74, 6) is -0.117. The Morgan fingerprint density at radius 1 is 1.50 bits per heavy atom. The molecule has 1 fully saturated rings. The molecular formula is C13H24O5. The molecule has 0 aromatic heterocycles. The molecule has 0 bridgehead atoms. The number of hydrogen-bond donors (Lipinski definition) is 1. The van der Waals surface area contributed by atoms with Gasteiger partial charge in [-0.3, -0.25) is 4.79 Å². The van der Waals surface area contributed by atoms with Crippen LogP contribution in [0.25, 0.3) is 0 Å². The highest BCUT2D eigenvalue weighted by Crippen LogP contribution is 2.18. The Balaban J connectivity index is 2.24. The van der Waals surface area contributed by atoms with Crippen LogP contribution in [-0.4, -0.2) is 43.3 Å². The smallest absolute Gasteiger partial charge is 0.302 e. The summed E-state index contributed by atoms with van der Waals surface area (Å²) in [6.45, 7) is 4.41. The SMILES string of the molecule is CC(=O)OC[C@@H](C)C[C@H](CO)OC1CCCCO1. The third-order valence-corrected chi connectivity index (χ3v) is 2.92. The Bertz CT molecular complexity index is 238. The van der Waals surface area contributed by atoms with Gasteiger partial charge in [-0.15, -0.1) is 0 Å². The van der Waals surface area contributed by atoms with Crippen molar-refractivity contribution in [2.24, 2.45) is 5.92 Å². The quantitative estimate of drug-likeness (QED) is 0.702. The Kier molecular flexibility index (Phi) is 7.23. The van der Waals surface area contributed by atoms with Gasteiger partial charge in [-0.05, 0) is 31.6 Å². The summed E-state index contributed by atoms with van der Waals surface area (Å²) in [5.41, 5.74) is 0. The fraction of sp³-hybridized carbons (Fsp3) is 0.923. The van der Waals surface area contributed by atoms with Crippen LogP contribution in [0.4, 0.5) is 0 Å². The Labute approximate surface area is 108 Å². The molecule has 3 atom stereocenters. The fourth-order valence-electron chi connectivity index (χ4n) is 1.98. The summed E-state index contributed by atoms with van der Waals surface area (Å²) >= 11 is 0. The van der Waals surface area contributed by atoms with Gasteiger partial charge in [-0.25, -0.2) is 0 Å². The largest absolute Gasteiger partial charge is 0.466 e. The lowest BCUT2D eigenvalue weighted by molar-refractivity contribution is -0.198. The molecule has 1 rings (SSSR count). The Hall–Kier alpha value is -0.650. The molecule has 0 aromatic carbocycles. The molecule has 1 saturated heterocycles. The summed E-state index contributed by atoms with van der Waals surface area (Å²) < 4.78 is 16.1. The molecule has 1 aliphatic rings. The van der Waals surface area contributed by atoms with Crippen LogP contribution in [0.3, 0.4) is 0 Å². The summed E-state index contributed by atoms with van der Waals surface area (Å²) in [6.07, 6.45) is 3.27. The van der Waals surface area contributed by atoms with Gasteiger partial charge in [-0.2, -0.15) is 0 Å². The molecule has 0 amide bonds. The number of carbonyl (C=O) groups excluding carboxylic acids is 1. The molecule has 1 unspecified atom stereocenters. The van der Waals surface area contributed by atoms with Gasteiger partial charge in [0.2, 0.25) is 0 Å². The summed E-state index contributed by atoms with van der Waals surface area (Å²) in [6, 6.07) is 0. The summed E-state index contributed by atoms with van der Waals surface area (Å²) in [7, 11) is 0. The number of ether oxygens (including phenoxy) is 3. The topological polar surface area (TPSA) is 65.0 Å². The summed E-state index contributed by atoms with van der Waals surface area (Å²) in [5, 5.41) is 9.29. The predicted molar refractivity (Wildman–Crippen MR) is 66.0 cm³/mol. The maximum atomic E-state index is 10.7. The van der Waals surface area contributed by atoms with Crippen molar-refractivity contribution in [1.29, 1.82) is 0 Å². The minimum atomic E-state index is -0.279. The van der Waals surface area contributed by atoms with E-state index in [1.807, 2.05) is 6.92 Å². The number of carbonyl (C=O) groups is 1. The van der Waals surface area contributed by atoms with Crippen LogP contribution in [0.5, 0.6) is 0 Å². The average molecular weight is 260 g/mol. The zero-order valence-electron chi connectivity index (χ0n) is 11.3. The van der Waals surface area contributed by atoms with E-state index in [0.717, 1.165) is 25.9 Å². The molecule has 1 N–H and O–H groups in total. The number of esters is 1. The predicted octanol–water partition coefficient (Wildman–Crippen LogP) is 1.48. The molecule has 0 aliphatic carbocycles. The Morgan fingerprint density at radius 2 is 2.28 bits per heavy atom. The lowest BCUT2D eigenvalue weighted by Gasteiger charge is -2.28. The average Bonchev–Trinajstić information content (AvgIpc) is 2.37. The lowest BCUT2D eigenvalue weighted by atomic mass is 10.0. The van der Waals surface area contributed by atoms with E-state index in [4.69, 9.17) is 14.2 Å². The van der Waals surface area contributed by atoms with Crippen LogP contribution in [0.2, 0.25) is 0 Å². The highest BCUT2D eigenvalue weighted by Gasteiger charge is 2.21. The zero-order valence-corrected chi connectivity index (χ0v) is 11.3. The number of aliphatic hydroxyl groups excluding tert-OH is 1. The highest BCUT2D eigenvalue weighted by molar-refractivity contribution is 5.65. The molecular weight excluding hydrogens is 236 g/mol. The van der Waals surface area contributed by atoms with Gasteiger partial charge in [0.1, 0.15) is 0 Å². The van der Waals surface area contributed by atoms with Crippen molar-refractivity contribution in [3.8, 4) is 0 Å². The van der Waals surface area contributed by atoms with Crippen molar-refractivity contribution < 1.29 is 24.1 Å². The second-order valence-electron chi connectivity index (χ2n) is 4.88. The molecule has 1 aliphatic heterocycles. The van der Waals surface area contributed by atoms with Crippen molar-refractivity contribution in [3.05, 3.63) is 0 Å². The first kappa shape index (κ1) is 15.4. The van der Waals surface area contributed by atoms with Crippen molar-refractivity contribution >= 4 is 5.97 Å². The molecule has 0 radical (unpaired) electrons. The maximum absolute atomic E-state index is 10.7. The van der Waals surface area contributed by atoms with Crippen molar-refractivity contribution in [3.63, 3.8) is 0 Å². The van der Waals surface area contributed by atoms with Gasteiger partial charge < -0.3 is 19.3 Å². The van der Waals surface area contributed by atoms with Crippen LogP contribution in [0, 0.1) is 5.92 Å². The van der Waals surface area contributed by atoms with E-state index >= 15 is 0 Å². The normalized spacial score (nSPS) is 23.4. The van der Waals surface area contributed by atoms with E-state index in [0.29, 0.717) is 13.0 Å². The van der Waals surface area contributed by atoms with Gasteiger partial charge in [0.05, 0.1) is 19.3 Å². The minimum Gasteiger partial charge on any atom is -0.466 e. The Morgan fingerprint density at radius 3 is 2.83 bits per heavy atom. The van der Waals surface area contributed by atoms with E-state index in [1.54, 1.807) is 0 Å². The van der Waals surface area contributed by atoms with Crippen molar-refractivity contribution in [1.82, 2.24) is 0 Å². The molecule has 1 heterocycles. The van der Waals surface area contributed by atoms with Crippen molar-refractivity contribution in [2.45, 2.75) is 51.9 Å². The van der Waals surface area contributed by atoms with E-state index in [1.165, 1.54) is 6.92 Å². The third kappa shape index (κ3) is 6.33. The van der Waals surface area contributed by atoms with Crippen LogP contribution >= 0.6 is 0 Å². The van der Waals surface area contributed by atoms with Gasteiger partial charge in [0.25, 0.3) is 0 Å². The standard InChI is InChI=1S/C13H24O5/c1-10(9-17-11(2)15)7-12(8-14)18-13-5-3-4-6-16-13/h10,12-14H,3-9H2,1-2H3/t10-,12+,13?/m0/s1. The lowest BCUT2D eigenvalue weighted by Crippen LogP contribution is -2.31. The second kappa shape index (κ2) is 8.45. The molecule has 0 spiro atoms. The van der Waals surface area contributed by atoms with E-state index < -0.39 is 0 Å².